The van der Waals surface area contributed by atoms with E-state index in [9.17, 15) is 4.79 Å². The van der Waals surface area contributed by atoms with Gasteiger partial charge >= 0.3 is 0 Å². The molecule has 1 aromatic rings. The van der Waals surface area contributed by atoms with Crippen LogP contribution in [-0.4, -0.2) is 50.7 Å². The molecule has 1 aliphatic heterocycles. The minimum Gasteiger partial charge on any atom is -0.497 e. The Morgan fingerprint density at radius 1 is 1.32 bits per heavy atom. The summed E-state index contributed by atoms with van der Waals surface area (Å²) in [5.41, 5.74) is 0. The zero-order valence-electron chi connectivity index (χ0n) is 11.2. The number of amides is 1. The first-order valence-electron chi connectivity index (χ1n) is 6.55. The van der Waals surface area contributed by atoms with E-state index in [4.69, 9.17) is 9.47 Å². The van der Waals surface area contributed by atoms with Crippen LogP contribution in [0.25, 0.3) is 0 Å². The maximum Gasteiger partial charge on any atom is 0.260 e. The number of nitrogens with zero attached hydrogens (tertiary/aromatic N) is 1. The van der Waals surface area contributed by atoms with Gasteiger partial charge in [-0.1, -0.05) is 6.07 Å². The van der Waals surface area contributed by atoms with Gasteiger partial charge in [0.05, 0.1) is 7.11 Å². The van der Waals surface area contributed by atoms with E-state index >= 15 is 0 Å². The fourth-order valence-corrected chi connectivity index (χ4v) is 2.02. The van der Waals surface area contributed by atoms with Crippen molar-refractivity contribution in [1.29, 1.82) is 0 Å². The van der Waals surface area contributed by atoms with Crippen LogP contribution in [0.15, 0.2) is 24.3 Å². The Bertz CT molecular complexity index is 415. The van der Waals surface area contributed by atoms with Crippen molar-refractivity contribution < 1.29 is 14.3 Å². The lowest BCUT2D eigenvalue weighted by Gasteiger charge is -2.20. The topological polar surface area (TPSA) is 50.8 Å². The normalized spacial score (nSPS) is 15.7. The molecule has 0 aromatic heterocycles. The maximum absolute atomic E-state index is 12.0. The number of benzene rings is 1. The monoisotopic (exact) mass is 264 g/mol. The molecule has 0 saturated carbocycles. The van der Waals surface area contributed by atoms with Crippen molar-refractivity contribution in [1.82, 2.24) is 10.2 Å². The first-order valence-corrected chi connectivity index (χ1v) is 6.55. The van der Waals surface area contributed by atoms with Crippen LogP contribution >= 0.6 is 0 Å². The predicted molar refractivity (Wildman–Crippen MR) is 72.6 cm³/mol. The molecule has 1 heterocycles. The minimum atomic E-state index is 0.0338. The lowest BCUT2D eigenvalue weighted by Crippen LogP contribution is -2.37. The Morgan fingerprint density at radius 3 is 3.00 bits per heavy atom. The Kier molecular flexibility index (Phi) is 5.03. The number of hydrogen-bond donors (Lipinski definition) is 1. The molecule has 5 nitrogen and oxygen atoms in total. The maximum atomic E-state index is 12.0. The highest BCUT2D eigenvalue weighted by Gasteiger charge is 2.15. The third-order valence-electron chi connectivity index (χ3n) is 3.10. The van der Waals surface area contributed by atoms with Gasteiger partial charge in [-0.05, 0) is 25.1 Å². The van der Waals surface area contributed by atoms with Crippen molar-refractivity contribution >= 4 is 5.91 Å². The lowest BCUT2D eigenvalue weighted by atomic mass is 10.3. The summed E-state index contributed by atoms with van der Waals surface area (Å²) in [6, 6.07) is 7.28. The second-order valence-corrected chi connectivity index (χ2v) is 4.45. The molecule has 5 heteroatoms. The van der Waals surface area contributed by atoms with Gasteiger partial charge in [0.15, 0.2) is 6.61 Å². The molecule has 2 rings (SSSR count). The molecule has 0 atom stereocenters. The molecule has 1 saturated heterocycles. The number of carbonyl (C=O) groups is 1. The van der Waals surface area contributed by atoms with Gasteiger partial charge in [0.25, 0.3) is 5.91 Å². The number of rotatable bonds is 4. The third kappa shape index (κ3) is 4.13. The molecule has 0 bridgehead atoms. The molecule has 1 fully saturated rings. The zero-order valence-corrected chi connectivity index (χ0v) is 11.2. The Balaban J connectivity index is 1.84. The first-order chi connectivity index (χ1) is 9.29. The second kappa shape index (κ2) is 6.99. The zero-order chi connectivity index (χ0) is 13.5. The number of nitrogens with one attached hydrogen (secondary N) is 1. The van der Waals surface area contributed by atoms with Crippen molar-refractivity contribution in [2.24, 2.45) is 0 Å². The molecule has 1 N–H and O–H groups in total. The summed E-state index contributed by atoms with van der Waals surface area (Å²) in [7, 11) is 1.61. The SMILES string of the molecule is COc1cccc(OCC(=O)N2CCCNCC2)c1. The Morgan fingerprint density at radius 2 is 2.16 bits per heavy atom. The number of methoxy groups -OCH3 is 1. The molecular weight excluding hydrogens is 244 g/mol. The first kappa shape index (κ1) is 13.7. The largest absolute Gasteiger partial charge is 0.497 e. The molecule has 0 unspecified atom stereocenters. The summed E-state index contributed by atoms with van der Waals surface area (Å²) < 4.78 is 10.6. The van der Waals surface area contributed by atoms with Crippen molar-refractivity contribution in [2.75, 3.05) is 39.9 Å². The molecule has 0 aliphatic carbocycles. The quantitative estimate of drug-likeness (QED) is 0.877. The third-order valence-corrected chi connectivity index (χ3v) is 3.10. The molecule has 0 spiro atoms. The predicted octanol–water partition coefficient (Wildman–Crippen LogP) is 0.896. The van der Waals surface area contributed by atoms with E-state index in [1.807, 2.05) is 23.1 Å². The van der Waals surface area contributed by atoms with Crippen LogP contribution in [0.1, 0.15) is 6.42 Å². The molecule has 19 heavy (non-hydrogen) atoms. The highest BCUT2D eigenvalue weighted by atomic mass is 16.5. The molecule has 1 amide bonds. The average molecular weight is 264 g/mol. The van der Waals surface area contributed by atoms with Gasteiger partial charge < -0.3 is 19.7 Å². The van der Waals surface area contributed by atoms with Crippen molar-refractivity contribution in [3.05, 3.63) is 24.3 Å². The molecular formula is C14H20N2O3. The van der Waals surface area contributed by atoms with Gasteiger partial charge in [0.2, 0.25) is 0 Å². The lowest BCUT2D eigenvalue weighted by molar-refractivity contribution is -0.133. The number of ether oxygens (including phenoxy) is 2. The standard InChI is InChI=1S/C14H20N2O3/c1-18-12-4-2-5-13(10-12)19-11-14(17)16-8-3-6-15-7-9-16/h2,4-5,10,15H,3,6-9,11H2,1H3. The van der Waals surface area contributed by atoms with Gasteiger partial charge in [-0.15, -0.1) is 0 Å². The van der Waals surface area contributed by atoms with Crippen LogP contribution in [-0.2, 0) is 4.79 Å². The van der Waals surface area contributed by atoms with E-state index < -0.39 is 0 Å². The van der Waals surface area contributed by atoms with Crippen LogP contribution < -0.4 is 14.8 Å². The van der Waals surface area contributed by atoms with Crippen LogP contribution in [0.3, 0.4) is 0 Å². The van der Waals surface area contributed by atoms with Gasteiger partial charge in [0.1, 0.15) is 11.5 Å². The molecule has 1 aromatic carbocycles. The van der Waals surface area contributed by atoms with E-state index in [0.29, 0.717) is 5.75 Å². The molecule has 0 radical (unpaired) electrons. The van der Waals surface area contributed by atoms with Crippen LogP contribution in [0, 0.1) is 0 Å². The summed E-state index contributed by atoms with van der Waals surface area (Å²) in [6.45, 7) is 3.45. The molecule has 1 aliphatic rings. The fourth-order valence-electron chi connectivity index (χ4n) is 2.02. The summed E-state index contributed by atoms with van der Waals surface area (Å²) in [4.78, 5) is 13.9. The van der Waals surface area contributed by atoms with E-state index in [2.05, 4.69) is 5.32 Å². The fraction of sp³-hybridized carbons (Fsp3) is 0.500. The summed E-state index contributed by atoms with van der Waals surface area (Å²) in [6.07, 6.45) is 0.991. The van der Waals surface area contributed by atoms with E-state index in [1.165, 1.54) is 0 Å². The number of carbonyl (C=O) groups excluding carboxylic acids is 1. The van der Waals surface area contributed by atoms with E-state index in [-0.39, 0.29) is 12.5 Å². The average Bonchev–Trinajstić information content (AvgIpc) is 2.74. The van der Waals surface area contributed by atoms with Crippen LogP contribution in [0.2, 0.25) is 0 Å². The highest BCUT2D eigenvalue weighted by molar-refractivity contribution is 5.77. The van der Waals surface area contributed by atoms with Crippen molar-refractivity contribution in [3.63, 3.8) is 0 Å². The Labute approximate surface area is 113 Å². The summed E-state index contributed by atoms with van der Waals surface area (Å²) >= 11 is 0. The van der Waals surface area contributed by atoms with E-state index in [0.717, 1.165) is 38.3 Å². The van der Waals surface area contributed by atoms with Gasteiger partial charge in [-0.25, -0.2) is 0 Å². The number of hydrogen-bond acceptors (Lipinski definition) is 4. The van der Waals surface area contributed by atoms with Crippen molar-refractivity contribution in [2.45, 2.75) is 6.42 Å². The van der Waals surface area contributed by atoms with Crippen molar-refractivity contribution in [3.8, 4) is 11.5 Å². The van der Waals surface area contributed by atoms with Gasteiger partial charge in [0, 0.05) is 25.7 Å². The summed E-state index contributed by atoms with van der Waals surface area (Å²) in [5.74, 6) is 1.41. The second-order valence-electron chi connectivity index (χ2n) is 4.45. The van der Waals surface area contributed by atoms with E-state index in [1.54, 1.807) is 13.2 Å². The summed E-state index contributed by atoms with van der Waals surface area (Å²) in [5, 5.41) is 3.27. The minimum absolute atomic E-state index is 0.0338. The van der Waals surface area contributed by atoms with Gasteiger partial charge in [-0.3, -0.25) is 4.79 Å². The van der Waals surface area contributed by atoms with Gasteiger partial charge in [-0.2, -0.15) is 0 Å². The molecule has 104 valence electrons. The van der Waals surface area contributed by atoms with Crippen LogP contribution in [0.5, 0.6) is 11.5 Å². The smallest absolute Gasteiger partial charge is 0.260 e. The highest BCUT2D eigenvalue weighted by Crippen LogP contribution is 2.18. The Hall–Kier alpha value is -1.75. The van der Waals surface area contributed by atoms with Crippen LogP contribution in [0.4, 0.5) is 0 Å².